The zero-order valence-electron chi connectivity index (χ0n) is 15.2. The molecule has 0 radical (unpaired) electrons. The molecule has 1 aliphatic rings. The smallest absolute Gasteiger partial charge is 0.357 e. The molecule has 13 heteroatoms. The molecular formula is C15H22F3N5O3S2. The van der Waals surface area contributed by atoms with Crippen molar-refractivity contribution in [3.8, 4) is 0 Å². The standard InChI is InChI=1S/C15H22F3N5O3S2/c1-2-19-14(21-7-13-23-11(8-27-13)15(16,17)18)20-5-3-12(24)22-10-4-6-28(25,26)9-10/h8,10H,2-7,9H2,1H3,(H,22,24)(H2,19,20,21). The van der Waals surface area contributed by atoms with E-state index in [-0.39, 0.29) is 48.0 Å². The van der Waals surface area contributed by atoms with E-state index in [2.05, 4.69) is 25.9 Å². The van der Waals surface area contributed by atoms with Crippen LogP contribution in [0.15, 0.2) is 10.4 Å². The van der Waals surface area contributed by atoms with Gasteiger partial charge in [0.05, 0.1) is 18.1 Å². The average Bonchev–Trinajstić information content (AvgIpc) is 3.19. The van der Waals surface area contributed by atoms with Gasteiger partial charge in [-0.25, -0.2) is 18.4 Å². The number of halogens is 3. The van der Waals surface area contributed by atoms with Crippen LogP contribution in [0.5, 0.6) is 0 Å². The summed E-state index contributed by atoms with van der Waals surface area (Å²) in [4.78, 5) is 19.6. The fraction of sp³-hybridized carbons (Fsp3) is 0.667. The molecule has 1 aliphatic heterocycles. The molecule has 1 amide bonds. The highest BCUT2D eigenvalue weighted by Gasteiger charge is 2.33. The number of nitrogens with zero attached hydrogens (tertiary/aromatic N) is 2. The topological polar surface area (TPSA) is 113 Å². The van der Waals surface area contributed by atoms with E-state index < -0.39 is 21.7 Å². The van der Waals surface area contributed by atoms with Crippen molar-refractivity contribution in [3.63, 3.8) is 0 Å². The molecule has 1 saturated heterocycles. The molecule has 0 spiro atoms. The molecular weight excluding hydrogens is 419 g/mol. The monoisotopic (exact) mass is 441 g/mol. The van der Waals surface area contributed by atoms with Gasteiger partial charge in [-0.05, 0) is 13.3 Å². The Kier molecular flexibility index (Phi) is 7.63. The molecule has 0 saturated carbocycles. The van der Waals surface area contributed by atoms with Gasteiger partial charge < -0.3 is 16.0 Å². The fourth-order valence-corrected chi connectivity index (χ4v) is 4.90. The van der Waals surface area contributed by atoms with Crippen molar-refractivity contribution in [1.29, 1.82) is 0 Å². The van der Waals surface area contributed by atoms with Crippen LogP contribution in [0.1, 0.15) is 30.5 Å². The summed E-state index contributed by atoms with van der Waals surface area (Å²) in [7, 11) is -3.06. The van der Waals surface area contributed by atoms with E-state index in [0.29, 0.717) is 18.9 Å². The first kappa shape index (κ1) is 22.4. The zero-order chi connectivity index (χ0) is 20.8. The number of hydrogen-bond acceptors (Lipinski definition) is 6. The predicted octanol–water partition coefficient (Wildman–Crippen LogP) is 0.910. The van der Waals surface area contributed by atoms with Crippen molar-refractivity contribution in [2.75, 3.05) is 24.6 Å². The lowest BCUT2D eigenvalue weighted by Crippen LogP contribution is -2.41. The lowest BCUT2D eigenvalue weighted by atomic mass is 10.2. The Balaban J connectivity index is 1.79. The summed E-state index contributed by atoms with van der Waals surface area (Å²) in [6.07, 6.45) is -3.96. The molecule has 8 nitrogen and oxygen atoms in total. The predicted molar refractivity (Wildman–Crippen MR) is 99.8 cm³/mol. The molecule has 1 aromatic heterocycles. The highest BCUT2D eigenvalue weighted by molar-refractivity contribution is 7.91. The van der Waals surface area contributed by atoms with Gasteiger partial charge in [-0.15, -0.1) is 11.3 Å². The van der Waals surface area contributed by atoms with Crippen LogP contribution in [0, 0.1) is 0 Å². The second-order valence-electron chi connectivity index (χ2n) is 6.16. The highest BCUT2D eigenvalue weighted by atomic mass is 32.2. The van der Waals surface area contributed by atoms with Crippen molar-refractivity contribution in [1.82, 2.24) is 20.9 Å². The lowest BCUT2D eigenvalue weighted by Gasteiger charge is -2.13. The molecule has 0 aliphatic carbocycles. The van der Waals surface area contributed by atoms with Crippen LogP contribution in [0.4, 0.5) is 13.2 Å². The minimum Gasteiger partial charge on any atom is -0.357 e. The maximum atomic E-state index is 12.6. The molecule has 1 fully saturated rings. The molecule has 158 valence electrons. The Hall–Kier alpha value is -1.89. The lowest BCUT2D eigenvalue weighted by molar-refractivity contribution is -0.140. The number of guanidine groups is 1. The molecule has 2 heterocycles. The molecule has 1 aromatic rings. The third kappa shape index (κ3) is 7.26. The molecule has 0 bridgehead atoms. The first-order valence-corrected chi connectivity index (χ1v) is 11.3. The van der Waals surface area contributed by atoms with Gasteiger partial charge in [0.2, 0.25) is 5.91 Å². The number of thiazole rings is 1. The average molecular weight is 442 g/mol. The van der Waals surface area contributed by atoms with Crippen LogP contribution >= 0.6 is 11.3 Å². The number of aliphatic imine (C=N–C) groups is 1. The third-order valence-electron chi connectivity index (χ3n) is 3.80. The van der Waals surface area contributed by atoms with E-state index in [1.54, 1.807) is 0 Å². The number of hydrogen-bond donors (Lipinski definition) is 3. The highest BCUT2D eigenvalue weighted by Crippen LogP contribution is 2.30. The molecule has 1 unspecified atom stereocenters. The van der Waals surface area contributed by atoms with Gasteiger partial charge in [0.15, 0.2) is 21.5 Å². The molecule has 3 N–H and O–H groups in total. The summed E-state index contributed by atoms with van der Waals surface area (Å²) in [5.41, 5.74) is -0.939. The maximum absolute atomic E-state index is 12.6. The van der Waals surface area contributed by atoms with Gasteiger partial charge in [0.25, 0.3) is 0 Å². The van der Waals surface area contributed by atoms with Gasteiger partial charge in [0.1, 0.15) is 5.01 Å². The van der Waals surface area contributed by atoms with E-state index in [1.807, 2.05) is 6.92 Å². The summed E-state index contributed by atoms with van der Waals surface area (Å²) >= 11 is 0.876. The van der Waals surface area contributed by atoms with Gasteiger partial charge in [-0.1, -0.05) is 0 Å². The fourth-order valence-electron chi connectivity index (χ4n) is 2.51. The van der Waals surface area contributed by atoms with Gasteiger partial charge in [-0.3, -0.25) is 4.79 Å². The molecule has 1 atom stereocenters. The second-order valence-corrected chi connectivity index (χ2v) is 9.34. The van der Waals surface area contributed by atoms with Gasteiger partial charge in [-0.2, -0.15) is 13.2 Å². The van der Waals surface area contributed by atoms with E-state index in [1.165, 1.54) is 0 Å². The molecule has 28 heavy (non-hydrogen) atoms. The quantitative estimate of drug-likeness (QED) is 0.428. The number of nitrogens with one attached hydrogen (secondary N) is 3. The summed E-state index contributed by atoms with van der Waals surface area (Å²) < 4.78 is 60.5. The van der Waals surface area contributed by atoms with E-state index >= 15 is 0 Å². The number of amides is 1. The largest absolute Gasteiger partial charge is 0.434 e. The van der Waals surface area contributed by atoms with Crippen molar-refractivity contribution >= 4 is 33.0 Å². The Morgan fingerprint density at radius 2 is 2.14 bits per heavy atom. The van der Waals surface area contributed by atoms with Gasteiger partial charge in [0, 0.05) is 30.9 Å². The number of alkyl halides is 3. The minimum absolute atomic E-state index is 0.0256. The van der Waals surface area contributed by atoms with Crippen LogP contribution in [-0.4, -0.2) is 55.9 Å². The first-order valence-electron chi connectivity index (χ1n) is 8.62. The third-order valence-corrected chi connectivity index (χ3v) is 6.40. The Morgan fingerprint density at radius 1 is 1.39 bits per heavy atom. The number of sulfone groups is 1. The number of rotatable bonds is 7. The van der Waals surface area contributed by atoms with Crippen LogP contribution in [0.25, 0.3) is 0 Å². The Bertz CT molecular complexity index is 808. The first-order chi connectivity index (χ1) is 13.1. The normalized spacial score (nSPS) is 19.4. The summed E-state index contributed by atoms with van der Waals surface area (Å²) in [5, 5.41) is 9.70. The van der Waals surface area contributed by atoms with Crippen LogP contribution in [0.3, 0.4) is 0 Å². The van der Waals surface area contributed by atoms with Crippen LogP contribution in [-0.2, 0) is 27.4 Å². The number of carbonyl (C=O) groups excluding carboxylic acids is 1. The summed E-state index contributed by atoms with van der Waals surface area (Å²) in [6, 6.07) is -0.355. The van der Waals surface area contributed by atoms with Crippen molar-refractivity contribution in [2.24, 2.45) is 4.99 Å². The van der Waals surface area contributed by atoms with Crippen LogP contribution in [0.2, 0.25) is 0 Å². The SMILES string of the molecule is CCNC(=NCc1nc(C(F)(F)F)cs1)NCCC(=O)NC1CCS(=O)(=O)C1. The van der Waals surface area contributed by atoms with Crippen molar-refractivity contribution in [2.45, 2.75) is 38.5 Å². The van der Waals surface area contributed by atoms with Crippen LogP contribution < -0.4 is 16.0 Å². The number of carbonyl (C=O) groups is 1. The Labute approximate surface area is 164 Å². The number of aromatic nitrogens is 1. The zero-order valence-corrected chi connectivity index (χ0v) is 16.8. The summed E-state index contributed by atoms with van der Waals surface area (Å²) in [6.45, 7) is 2.57. The maximum Gasteiger partial charge on any atom is 0.434 e. The molecule has 2 rings (SSSR count). The second kappa shape index (κ2) is 9.54. The Morgan fingerprint density at radius 3 is 2.71 bits per heavy atom. The molecule has 0 aromatic carbocycles. The van der Waals surface area contributed by atoms with Crippen molar-refractivity contribution in [3.05, 3.63) is 16.1 Å². The van der Waals surface area contributed by atoms with E-state index in [0.717, 1.165) is 16.7 Å². The minimum atomic E-state index is -4.48. The van der Waals surface area contributed by atoms with E-state index in [9.17, 15) is 26.4 Å². The van der Waals surface area contributed by atoms with E-state index in [4.69, 9.17) is 0 Å². The van der Waals surface area contributed by atoms with Gasteiger partial charge >= 0.3 is 6.18 Å². The van der Waals surface area contributed by atoms with Crippen molar-refractivity contribution < 1.29 is 26.4 Å². The summed E-state index contributed by atoms with van der Waals surface area (Å²) in [5.74, 6) is 0.118.